The zero-order valence-corrected chi connectivity index (χ0v) is 10.6. The summed E-state index contributed by atoms with van der Waals surface area (Å²) < 4.78 is 17.9. The maximum atomic E-state index is 12.8. The first kappa shape index (κ1) is 13.0. The van der Waals surface area contributed by atoms with E-state index in [1.54, 1.807) is 12.1 Å². The highest BCUT2D eigenvalue weighted by Crippen LogP contribution is 2.28. The summed E-state index contributed by atoms with van der Waals surface area (Å²) in [6.45, 7) is 0. The first-order valence-corrected chi connectivity index (χ1v) is 6.32. The molecule has 1 N–H and O–H groups in total. The lowest BCUT2D eigenvalue weighted by atomic mass is 10.2. The molecule has 1 heterocycles. The molecule has 0 bridgehead atoms. The van der Waals surface area contributed by atoms with Gasteiger partial charge in [0.1, 0.15) is 5.82 Å². The third kappa shape index (κ3) is 3.05. The van der Waals surface area contributed by atoms with Crippen LogP contribution in [0.25, 0.3) is 0 Å². The normalized spacial score (nSPS) is 10.6. The molecule has 2 rings (SSSR count). The van der Waals surface area contributed by atoms with E-state index in [1.807, 2.05) is 0 Å². The lowest BCUT2D eigenvalue weighted by molar-refractivity contribution is 0.0656. The first-order valence-electron chi connectivity index (χ1n) is 4.96. The van der Waals surface area contributed by atoms with Crippen LogP contribution in [0.3, 0.4) is 0 Å². The van der Waals surface area contributed by atoms with E-state index in [1.165, 1.54) is 30.0 Å². The minimum Gasteiger partial charge on any atom is -0.475 e. The van der Waals surface area contributed by atoms with E-state index in [4.69, 9.17) is 21.1 Å². The van der Waals surface area contributed by atoms with Crippen molar-refractivity contribution in [2.24, 2.45) is 0 Å². The summed E-state index contributed by atoms with van der Waals surface area (Å²) in [6.07, 6.45) is 0. The highest BCUT2D eigenvalue weighted by Gasteiger charge is 2.10. The zero-order valence-electron chi connectivity index (χ0n) is 9.02. The standard InChI is InChI=1S/C12H8ClFO3S/c13-9-5-8(14)2-1-7(9)6-18-11-4-3-10(17-11)12(15)16/h1-5H,6H2,(H,15,16). The van der Waals surface area contributed by atoms with Crippen LogP contribution in [0.5, 0.6) is 0 Å². The Morgan fingerprint density at radius 1 is 1.39 bits per heavy atom. The van der Waals surface area contributed by atoms with Crippen LogP contribution in [0.4, 0.5) is 4.39 Å². The minimum absolute atomic E-state index is 0.109. The zero-order chi connectivity index (χ0) is 13.1. The smallest absolute Gasteiger partial charge is 0.371 e. The lowest BCUT2D eigenvalue weighted by Crippen LogP contribution is -1.91. The molecule has 94 valence electrons. The van der Waals surface area contributed by atoms with Crippen LogP contribution in [0, 0.1) is 5.82 Å². The Morgan fingerprint density at radius 2 is 2.17 bits per heavy atom. The third-order valence-corrected chi connectivity index (χ3v) is 3.49. The molecular formula is C12H8ClFO3S. The lowest BCUT2D eigenvalue weighted by Gasteiger charge is -2.02. The fraction of sp³-hybridized carbons (Fsp3) is 0.0833. The van der Waals surface area contributed by atoms with Gasteiger partial charge in [0.15, 0.2) is 5.09 Å². The number of aromatic carboxylic acids is 1. The molecule has 0 spiro atoms. The Kier molecular flexibility index (Phi) is 3.93. The summed E-state index contributed by atoms with van der Waals surface area (Å²) >= 11 is 7.17. The van der Waals surface area contributed by atoms with E-state index >= 15 is 0 Å². The van der Waals surface area contributed by atoms with Crippen LogP contribution < -0.4 is 0 Å². The second kappa shape index (κ2) is 5.46. The van der Waals surface area contributed by atoms with Gasteiger partial charge in [-0.2, -0.15) is 0 Å². The molecule has 0 fully saturated rings. The molecule has 0 aliphatic heterocycles. The molecule has 3 nitrogen and oxygen atoms in total. The van der Waals surface area contributed by atoms with Gasteiger partial charge in [0.25, 0.3) is 0 Å². The highest BCUT2D eigenvalue weighted by molar-refractivity contribution is 7.98. The van der Waals surface area contributed by atoms with Crippen LogP contribution in [-0.4, -0.2) is 11.1 Å². The van der Waals surface area contributed by atoms with Crippen LogP contribution in [0.2, 0.25) is 5.02 Å². The molecular weight excluding hydrogens is 279 g/mol. The van der Waals surface area contributed by atoms with E-state index in [0.29, 0.717) is 15.9 Å². The van der Waals surface area contributed by atoms with Crippen molar-refractivity contribution >= 4 is 29.3 Å². The number of rotatable bonds is 4. The van der Waals surface area contributed by atoms with E-state index in [9.17, 15) is 9.18 Å². The van der Waals surface area contributed by atoms with Crippen molar-refractivity contribution in [2.75, 3.05) is 0 Å². The second-order valence-electron chi connectivity index (χ2n) is 3.45. The van der Waals surface area contributed by atoms with Crippen molar-refractivity contribution in [3.8, 4) is 0 Å². The van der Waals surface area contributed by atoms with Crippen molar-refractivity contribution < 1.29 is 18.7 Å². The first-order chi connectivity index (χ1) is 8.56. The number of carbonyl (C=O) groups is 1. The maximum Gasteiger partial charge on any atom is 0.371 e. The van der Waals surface area contributed by atoms with Gasteiger partial charge in [-0.1, -0.05) is 29.4 Å². The van der Waals surface area contributed by atoms with Gasteiger partial charge in [-0.25, -0.2) is 9.18 Å². The van der Waals surface area contributed by atoms with E-state index in [-0.39, 0.29) is 11.6 Å². The van der Waals surface area contributed by atoms with Gasteiger partial charge < -0.3 is 9.52 Å². The van der Waals surface area contributed by atoms with Crippen molar-refractivity contribution in [2.45, 2.75) is 10.8 Å². The molecule has 0 saturated heterocycles. The average molecular weight is 287 g/mol. The fourth-order valence-corrected chi connectivity index (χ4v) is 2.48. The largest absolute Gasteiger partial charge is 0.475 e. The van der Waals surface area contributed by atoms with Gasteiger partial charge in [0.05, 0.1) is 0 Å². The molecule has 0 radical (unpaired) electrons. The molecule has 0 amide bonds. The topological polar surface area (TPSA) is 50.4 Å². The quantitative estimate of drug-likeness (QED) is 0.861. The molecule has 1 aromatic heterocycles. The number of thioether (sulfide) groups is 1. The number of furan rings is 1. The van der Waals surface area contributed by atoms with Crippen molar-refractivity contribution in [3.63, 3.8) is 0 Å². The number of benzene rings is 1. The van der Waals surface area contributed by atoms with Gasteiger partial charge in [-0.3, -0.25) is 0 Å². The van der Waals surface area contributed by atoms with Gasteiger partial charge in [-0.15, -0.1) is 0 Å². The molecule has 1 aromatic carbocycles. The van der Waals surface area contributed by atoms with E-state index in [0.717, 1.165) is 5.56 Å². The number of carboxylic acid groups (broad SMARTS) is 1. The van der Waals surface area contributed by atoms with E-state index < -0.39 is 5.97 Å². The van der Waals surface area contributed by atoms with Crippen LogP contribution in [-0.2, 0) is 5.75 Å². The van der Waals surface area contributed by atoms with Crippen LogP contribution >= 0.6 is 23.4 Å². The summed E-state index contributed by atoms with van der Waals surface area (Å²) in [5.74, 6) is -1.13. The average Bonchev–Trinajstić information content (AvgIpc) is 2.76. The van der Waals surface area contributed by atoms with Gasteiger partial charge >= 0.3 is 5.97 Å². The predicted molar refractivity (Wildman–Crippen MR) is 66.6 cm³/mol. The van der Waals surface area contributed by atoms with Crippen molar-refractivity contribution in [1.29, 1.82) is 0 Å². The summed E-state index contributed by atoms with van der Waals surface area (Å²) in [7, 11) is 0. The predicted octanol–water partition coefficient (Wildman–Crippen LogP) is 4.06. The molecule has 0 aliphatic carbocycles. The Morgan fingerprint density at radius 3 is 2.78 bits per heavy atom. The molecule has 18 heavy (non-hydrogen) atoms. The number of hydrogen-bond donors (Lipinski definition) is 1. The monoisotopic (exact) mass is 286 g/mol. The fourth-order valence-electron chi connectivity index (χ4n) is 1.30. The van der Waals surface area contributed by atoms with E-state index in [2.05, 4.69) is 0 Å². The molecule has 0 aliphatic rings. The second-order valence-corrected chi connectivity index (χ2v) is 4.84. The number of hydrogen-bond acceptors (Lipinski definition) is 3. The maximum absolute atomic E-state index is 12.8. The minimum atomic E-state index is -1.11. The van der Waals surface area contributed by atoms with Crippen molar-refractivity contribution in [3.05, 3.63) is 52.5 Å². The molecule has 0 atom stereocenters. The van der Waals surface area contributed by atoms with Crippen LogP contribution in [0.1, 0.15) is 16.1 Å². The SMILES string of the molecule is O=C(O)c1ccc(SCc2ccc(F)cc2Cl)o1. The summed E-state index contributed by atoms with van der Waals surface area (Å²) in [6, 6.07) is 7.11. The number of halogens is 2. The van der Waals surface area contributed by atoms with Crippen molar-refractivity contribution in [1.82, 2.24) is 0 Å². The molecule has 6 heteroatoms. The Hall–Kier alpha value is -1.46. The summed E-state index contributed by atoms with van der Waals surface area (Å²) in [5, 5.41) is 9.51. The summed E-state index contributed by atoms with van der Waals surface area (Å²) in [5.41, 5.74) is 0.761. The van der Waals surface area contributed by atoms with Gasteiger partial charge in [0.2, 0.25) is 5.76 Å². The van der Waals surface area contributed by atoms with Gasteiger partial charge in [0, 0.05) is 10.8 Å². The Labute approximate surface area is 112 Å². The highest BCUT2D eigenvalue weighted by atomic mass is 35.5. The Bertz CT molecular complexity index is 582. The molecule has 0 saturated carbocycles. The molecule has 0 unspecified atom stereocenters. The third-order valence-electron chi connectivity index (χ3n) is 2.18. The van der Waals surface area contributed by atoms with Gasteiger partial charge in [-0.05, 0) is 29.8 Å². The molecule has 2 aromatic rings. The Balaban J connectivity index is 2.04. The summed E-state index contributed by atoms with van der Waals surface area (Å²) in [4.78, 5) is 10.6. The van der Waals surface area contributed by atoms with Crippen LogP contribution in [0.15, 0.2) is 39.8 Å². The number of carboxylic acids is 1.